The molecule has 25 heavy (non-hydrogen) atoms. The molecule has 0 unspecified atom stereocenters. The minimum atomic E-state index is 0. The molecule has 3 rings (SSSR count). The van der Waals surface area contributed by atoms with Gasteiger partial charge in [0.25, 0.3) is 0 Å². The highest BCUT2D eigenvalue weighted by molar-refractivity contribution is 5.85. The third kappa shape index (κ3) is 5.50. The van der Waals surface area contributed by atoms with Gasteiger partial charge in [-0.25, -0.2) is 0 Å². The van der Waals surface area contributed by atoms with Crippen molar-refractivity contribution in [2.45, 2.75) is 51.1 Å². The molecule has 1 aromatic carbocycles. The first-order chi connectivity index (χ1) is 11.1. The van der Waals surface area contributed by atoms with E-state index in [1.54, 1.807) is 0 Å². The Kier molecular flexibility index (Phi) is 9.04. The summed E-state index contributed by atoms with van der Waals surface area (Å²) in [5, 5.41) is 0. The second kappa shape index (κ2) is 10.2. The van der Waals surface area contributed by atoms with Gasteiger partial charge in [-0.3, -0.25) is 4.79 Å². The van der Waals surface area contributed by atoms with Crippen molar-refractivity contribution >= 4 is 36.4 Å². The summed E-state index contributed by atoms with van der Waals surface area (Å²) in [6.07, 6.45) is 6.47. The summed E-state index contributed by atoms with van der Waals surface area (Å²) in [6.45, 7) is 2.95. The number of hydrogen-bond donors (Lipinski definition) is 1. The summed E-state index contributed by atoms with van der Waals surface area (Å²) < 4.78 is 0. The molecule has 0 bridgehead atoms. The zero-order chi connectivity index (χ0) is 16.2. The Balaban J connectivity index is 0.00000156. The fourth-order valence-corrected chi connectivity index (χ4v) is 3.95. The molecule has 1 heterocycles. The second-order valence-corrected chi connectivity index (χ2v) is 7.13. The number of nitrogens with zero attached hydrogens (tertiary/aromatic N) is 2. The van der Waals surface area contributed by atoms with Crippen LogP contribution in [0.4, 0.5) is 5.69 Å². The molecule has 1 aromatic rings. The third-order valence-corrected chi connectivity index (χ3v) is 5.43. The van der Waals surface area contributed by atoms with Gasteiger partial charge in [0.15, 0.2) is 0 Å². The molecular formula is C19H31Cl2N3O. The molecule has 1 aliphatic heterocycles. The Bertz CT molecular complexity index is 549. The fraction of sp³-hybridized carbons (Fsp3) is 0.632. The first-order valence-electron chi connectivity index (χ1n) is 8.97. The molecule has 142 valence electrons. The molecule has 2 atom stereocenters. The smallest absolute Gasteiger partial charge is 0.222 e. The van der Waals surface area contributed by atoms with E-state index in [2.05, 4.69) is 29.2 Å². The minimum Gasteiger partial charge on any atom is -0.371 e. The number of para-hydroxylation sites is 1. The van der Waals surface area contributed by atoms with E-state index in [0.717, 1.165) is 25.9 Å². The van der Waals surface area contributed by atoms with E-state index >= 15 is 0 Å². The Morgan fingerprint density at radius 3 is 2.48 bits per heavy atom. The normalized spacial score (nSPS) is 22.2. The van der Waals surface area contributed by atoms with Crippen LogP contribution in [-0.4, -0.2) is 37.0 Å². The predicted octanol–water partition coefficient (Wildman–Crippen LogP) is 3.61. The lowest BCUT2D eigenvalue weighted by atomic mass is 9.99. The van der Waals surface area contributed by atoms with Crippen molar-refractivity contribution in [2.75, 3.05) is 25.0 Å². The van der Waals surface area contributed by atoms with Crippen molar-refractivity contribution in [1.29, 1.82) is 0 Å². The summed E-state index contributed by atoms with van der Waals surface area (Å²) in [5.74, 6) is 0.599. The molecule has 0 aromatic heterocycles. The van der Waals surface area contributed by atoms with Crippen LogP contribution >= 0.6 is 24.8 Å². The molecule has 1 saturated heterocycles. The highest BCUT2D eigenvalue weighted by atomic mass is 35.5. The van der Waals surface area contributed by atoms with Crippen LogP contribution in [-0.2, 0) is 11.3 Å². The zero-order valence-corrected chi connectivity index (χ0v) is 16.7. The Hall–Kier alpha value is -0.970. The number of carbonyl (C=O) groups is 1. The quantitative estimate of drug-likeness (QED) is 0.839. The van der Waals surface area contributed by atoms with E-state index in [-0.39, 0.29) is 36.8 Å². The molecule has 1 amide bonds. The molecule has 1 aliphatic carbocycles. The van der Waals surface area contributed by atoms with E-state index in [9.17, 15) is 4.79 Å². The molecule has 6 heteroatoms. The Labute approximate surface area is 163 Å². The number of halogens is 2. The number of nitrogens with two attached hydrogens (primary N) is 1. The largest absolute Gasteiger partial charge is 0.371 e. The number of anilines is 1. The lowest BCUT2D eigenvalue weighted by Gasteiger charge is -2.25. The van der Waals surface area contributed by atoms with Crippen LogP contribution in [0.1, 0.15) is 44.1 Å². The number of rotatable bonds is 5. The lowest BCUT2D eigenvalue weighted by molar-refractivity contribution is -0.131. The highest BCUT2D eigenvalue weighted by Gasteiger charge is 2.27. The molecular weight excluding hydrogens is 357 g/mol. The molecule has 2 N–H and O–H groups in total. The molecule has 2 fully saturated rings. The van der Waals surface area contributed by atoms with Gasteiger partial charge in [-0.2, -0.15) is 0 Å². The Morgan fingerprint density at radius 2 is 1.84 bits per heavy atom. The Morgan fingerprint density at radius 1 is 1.16 bits per heavy atom. The van der Waals surface area contributed by atoms with Gasteiger partial charge in [0.05, 0.1) is 0 Å². The van der Waals surface area contributed by atoms with Crippen molar-refractivity contribution in [3.8, 4) is 0 Å². The van der Waals surface area contributed by atoms with Crippen molar-refractivity contribution in [2.24, 2.45) is 11.7 Å². The number of carbonyl (C=O) groups excluding carboxylic acids is 1. The predicted molar refractivity (Wildman–Crippen MR) is 109 cm³/mol. The average Bonchev–Trinajstić information content (AvgIpc) is 3.20. The van der Waals surface area contributed by atoms with E-state index in [1.807, 2.05) is 11.9 Å². The first kappa shape index (κ1) is 22.1. The van der Waals surface area contributed by atoms with Crippen LogP contribution in [0.3, 0.4) is 0 Å². The van der Waals surface area contributed by atoms with Gasteiger partial charge >= 0.3 is 0 Å². The molecule has 0 spiro atoms. The molecule has 2 aliphatic rings. The monoisotopic (exact) mass is 387 g/mol. The van der Waals surface area contributed by atoms with Crippen LogP contribution < -0.4 is 10.6 Å². The van der Waals surface area contributed by atoms with E-state index in [0.29, 0.717) is 18.9 Å². The van der Waals surface area contributed by atoms with Gasteiger partial charge in [0.1, 0.15) is 0 Å². The summed E-state index contributed by atoms with van der Waals surface area (Å²) in [5.41, 5.74) is 8.65. The van der Waals surface area contributed by atoms with Gasteiger partial charge in [0, 0.05) is 44.8 Å². The third-order valence-electron chi connectivity index (χ3n) is 5.43. The molecule has 0 radical (unpaired) electrons. The minimum absolute atomic E-state index is 0. The molecule has 4 nitrogen and oxygen atoms in total. The maximum Gasteiger partial charge on any atom is 0.222 e. The maximum absolute atomic E-state index is 12.5. The fourth-order valence-electron chi connectivity index (χ4n) is 3.95. The van der Waals surface area contributed by atoms with Crippen molar-refractivity contribution in [3.63, 3.8) is 0 Å². The first-order valence-corrected chi connectivity index (χ1v) is 8.97. The average molecular weight is 388 g/mol. The van der Waals surface area contributed by atoms with Gasteiger partial charge < -0.3 is 15.5 Å². The van der Waals surface area contributed by atoms with Crippen LogP contribution in [0.5, 0.6) is 0 Å². The van der Waals surface area contributed by atoms with E-state index in [1.165, 1.54) is 30.5 Å². The summed E-state index contributed by atoms with van der Waals surface area (Å²) in [6, 6.07) is 8.71. The number of hydrogen-bond acceptors (Lipinski definition) is 3. The number of benzene rings is 1. The van der Waals surface area contributed by atoms with Crippen LogP contribution in [0.25, 0.3) is 0 Å². The summed E-state index contributed by atoms with van der Waals surface area (Å²) in [4.78, 5) is 16.9. The van der Waals surface area contributed by atoms with E-state index < -0.39 is 0 Å². The van der Waals surface area contributed by atoms with Crippen molar-refractivity contribution < 1.29 is 4.79 Å². The molecule has 1 saturated carbocycles. The second-order valence-electron chi connectivity index (χ2n) is 7.13. The van der Waals surface area contributed by atoms with Crippen molar-refractivity contribution in [1.82, 2.24) is 4.90 Å². The number of amides is 1. The van der Waals surface area contributed by atoms with Crippen LogP contribution in [0.2, 0.25) is 0 Å². The highest BCUT2D eigenvalue weighted by Crippen LogP contribution is 2.28. The van der Waals surface area contributed by atoms with Gasteiger partial charge in [-0.1, -0.05) is 24.6 Å². The maximum atomic E-state index is 12.5. The zero-order valence-electron chi connectivity index (χ0n) is 15.0. The van der Waals surface area contributed by atoms with Gasteiger partial charge in [-0.15, -0.1) is 24.8 Å². The lowest BCUT2D eigenvalue weighted by Crippen LogP contribution is -2.33. The van der Waals surface area contributed by atoms with Gasteiger partial charge in [-0.05, 0) is 43.2 Å². The summed E-state index contributed by atoms with van der Waals surface area (Å²) in [7, 11) is 1.92. The summed E-state index contributed by atoms with van der Waals surface area (Å²) >= 11 is 0. The van der Waals surface area contributed by atoms with Gasteiger partial charge in [0.2, 0.25) is 5.91 Å². The van der Waals surface area contributed by atoms with Crippen LogP contribution in [0, 0.1) is 5.92 Å². The van der Waals surface area contributed by atoms with E-state index in [4.69, 9.17) is 5.73 Å². The topological polar surface area (TPSA) is 49.6 Å². The van der Waals surface area contributed by atoms with Crippen molar-refractivity contribution in [3.05, 3.63) is 29.8 Å². The SMILES string of the molecule is CN(Cc1ccccc1N1CCCC1)C(=O)C[C@@H]1CCC[C@H]1N.Cl.Cl. The van der Waals surface area contributed by atoms with Crippen LogP contribution in [0.15, 0.2) is 24.3 Å². The standard InChI is InChI=1S/C19H29N3O.2ClH/c1-21(19(23)13-15-8-6-9-17(15)20)14-16-7-2-3-10-18(16)22-11-4-5-12-22;;/h2-3,7,10,15,17H,4-6,8-9,11-14,20H2,1H3;2*1H/t15-,17+;;/m0../s1.